The predicted octanol–water partition coefficient (Wildman–Crippen LogP) is 3.47. The second kappa shape index (κ2) is 10.5. The van der Waals surface area contributed by atoms with Crippen molar-refractivity contribution in [3.05, 3.63) is 42.5 Å². The van der Waals surface area contributed by atoms with E-state index in [9.17, 15) is 13.2 Å². The summed E-state index contributed by atoms with van der Waals surface area (Å²) in [5, 5.41) is 2.76. The highest BCUT2D eigenvalue weighted by Crippen LogP contribution is 2.31. The van der Waals surface area contributed by atoms with Gasteiger partial charge in [0.1, 0.15) is 0 Å². The highest BCUT2D eigenvalue weighted by atomic mass is 32.2. The monoisotopic (exact) mass is 438 g/mol. The number of likely N-dealkylation sites (N-methyl/N-ethyl adjacent to an activating group) is 1. The van der Waals surface area contributed by atoms with Crippen LogP contribution in [0.3, 0.4) is 0 Å². The van der Waals surface area contributed by atoms with Crippen LogP contribution in [0.2, 0.25) is 0 Å². The van der Waals surface area contributed by atoms with E-state index in [-0.39, 0.29) is 11.4 Å². The number of amides is 1. The average Bonchev–Trinajstić information content (AvgIpc) is 2.69. The molecule has 0 radical (unpaired) electrons. The number of carbonyl (C=O) groups is 1. The molecular weight excluding hydrogens is 412 g/mol. The van der Waals surface area contributed by atoms with Gasteiger partial charge in [-0.3, -0.25) is 4.79 Å². The van der Waals surface area contributed by atoms with Crippen LogP contribution < -0.4 is 14.8 Å². The molecule has 0 fully saturated rings. The molecule has 0 saturated carbocycles. The maximum Gasteiger partial charge on any atom is 0.243 e. The largest absolute Gasteiger partial charge is 0.490 e. The summed E-state index contributed by atoms with van der Waals surface area (Å²) in [4.78, 5) is 13.3. The van der Waals surface area contributed by atoms with Gasteiger partial charge in [-0.2, -0.15) is 4.31 Å². The zero-order valence-corrected chi connectivity index (χ0v) is 18.6. The second-order valence-corrected chi connectivity index (χ2v) is 8.88. The minimum absolute atomic E-state index is 0.0317. The van der Waals surface area contributed by atoms with Gasteiger partial charge in [0.05, 0.1) is 30.3 Å². The minimum Gasteiger partial charge on any atom is -0.490 e. The molecule has 0 heterocycles. The second-order valence-electron chi connectivity index (χ2n) is 5.98. The van der Waals surface area contributed by atoms with Crippen LogP contribution in [0.5, 0.6) is 11.5 Å². The Hall–Kier alpha value is -2.23. The summed E-state index contributed by atoms with van der Waals surface area (Å²) < 4.78 is 37.8. The van der Waals surface area contributed by atoms with Gasteiger partial charge in [0, 0.05) is 18.0 Å². The number of nitrogens with zero attached hydrogens (tertiary/aromatic N) is 1. The highest BCUT2D eigenvalue weighted by Gasteiger charge is 2.25. The summed E-state index contributed by atoms with van der Waals surface area (Å²) in [5.74, 6) is 0.401. The van der Waals surface area contributed by atoms with Gasteiger partial charge in [-0.1, -0.05) is 12.1 Å². The van der Waals surface area contributed by atoms with Gasteiger partial charge >= 0.3 is 0 Å². The average molecular weight is 439 g/mol. The number of ether oxygens (including phenoxy) is 2. The number of rotatable bonds is 10. The molecule has 158 valence electrons. The van der Waals surface area contributed by atoms with Gasteiger partial charge in [-0.05, 0) is 44.4 Å². The molecule has 0 spiro atoms. The fourth-order valence-corrected chi connectivity index (χ4v) is 4.29. The van der Waals surface area contributed by atoms with Crippen molar-refractivity contribution in [2.45, 2.75) is 23.6 Å². The maximum atomic E-state index is 12.9. The molecular formula is C20H26N2O5S2. The number of anilines is 1. The Morgan fingerprint density at radius 2 is 1.72 bits per heavy atom. The first-order chi connectivity index (χ1) is 13.8. The maximum absolute atomic E-state index is 12.9. The normalized spacial score (nSPS) is 11.3. The third-order valence-electron chi connectivity index (χ3n) is 3.97. The van der Waals surface area contributed by atoms with Gasteiger partial charge in [-0.15, -0.1) is 11.8 Å². The molecule has 0 aliphatic carbocycles. The van der Waals surface area contributed by atoms with E-state index in [2.05, 4.69) is 5.32 Å². The van der Waals surface area contributed by atoms with Crippen molar-refractivity contribution in [2.24, 2.45) is 0 Å². The summed E-state index contributed by atoms with van der Waals surface area (Å²) in [6.45, 7) is 4.13. The predicted molar refractivity (Wildman–Crippen MR) is 115 cm³/mol. The van der Waals surface area contributed by atoms with Crippen molar-refractivity contribution in [2.75, 3.05) is 38.4 Å². The van der Waals surface area contributed by atoms with E-state index in [1.165, 1.54) is 30.9 Å². The summed E-state index contributed by atoms with van der Waals surface area (Å²) in [5.41, 5.74) is 0.649. The molecule has 0 aliphatic rings. The van der Waals surface area contributed by atoms with Gasteiger partial charge in [0.25, 0.3) is 0 Å². The molecule has 2 rings (SSSR count). The lowest BCUT2D eigenvalue weighted by molar-refractivity contribution is -0.116. The molecule has 2 aromatic carbocycles. The Balaban J connectivity index is 2.17. The SMILES string of the molecule is CCOc1ccc(S(=O)(=O)N(C)CC(=O)Nc2ccccc2SC)cc1OCC. The van der Waals surface area contributed by atoms with Crippen LogP contribution >= 0.6 is 11.8 Å². The fourth-order valence-electron chi connectivity index (χ4n) is 2.60. The summed E-state index contributed by atoms with van der Waals surface area (Å²) >= 11 is 1.50. The highest BCUT2D eigenvalue weighted by molar-refractivity contribution is 7.98. The van der Waals surface area contributed by atoms with E-state index in [0.29, 0.717) is 30.4 Å². The third kappa shape index (κ3) is 5.88. The molecule has 0 saturated heterocycles. The number of thioether (sulfide) groups is 1. The smallest absolute Gasteiger partial charge is 0.243 e. The number of para-hydroxylation sites is 1. The minimum atomic E-state index is -3.88. The van der Waals surface area contributed by atoms with E-state index in [0.717, 1.165) is 9.20 Å². The molecule has 1 N–H and O–H groups in total. The number of hydrogen-bond donors (Lipinski definition) is 1. The number of benzene rings is 2. The standard InChI is InChI=1S/C20H26N2O5S2/c1-5-26-17-12-11-15(13-18(17)27-6-2)29(24,25)22(3)14-20(23)21-16-9-7-8-10-19(16)28-4/h7-13H,5-6,14H2,1-4H3,(H,21,23). The quantitative estimate of drug-likeness (QED) is 0.572. The van der Waals surface area contributed by atoms with Crippen LogP contribution in [0.4, 0.5) is 5.69 Å². The summed E-state index contributed by atoms with van der Waals surface area (Å²) in [7, 11) is -2.52. The van der Waals surface area contributed by atoms with Crippen molar-refractivity contribution in [1.29, 1.82) is 0 Å². The van der Waals surface area contributed by atoms with Crippen molar-refractivity contribution in [3.63, 3.8) is 0 Å². The van der Waals surface area contributed by atoms with Crippen LogP contribution in [0.15, 0.2) is 52.3 Å². The van der Waals surface area contributed by atoms with Gasteiger partial charge in [-0.25, -0.2) is 8.42 Å². The first kappa shape index (κ1) is 23.1. The van der Waals surface area contributed by atoms with E-state index in [1.807, 2.05) is 31.4 Å². The Morgan fingerprint density at radius 1 is 1.07 bits per heavy atom. The van der Waals surface area contributed by atoms with Crippen molar-refractivity contribution < 1.29 is 22.7 Å². The van der Waals surface area contributed by atoms with Crippen LogP contribution in [-0.2, 0) is 14.8 Å². The van der Waals surface area contributed by atoms with E-state index < -0.39 is 15.9 Å². The Bertz CT molecular complexity index is 948. The number of hydrogen-bond acceptors (Lipinski definition) is 6. The molecule has 0 aromatic heterocycles. The van der Waals surface area contributed by atoms with E-state index in [1.54, 1.807) is 19.1 Å². The molecule has 29 heavy (non-hydrogen) atoms. The van der Waals surface area contributed by atoms with Crippen molar-refractivity contribution in [3.8, 4) is 11.5 Å². The van der Waals surface area contributed by atoms with E-state index in [4.69, 9.17) is 9.47 Å². The summed E-state index contributed by atoms with van der Waals surface area (Å²) in [6.07, 6.45) is 1.91. The number of nitrogens with one attached hydrogen (secondary N) is 1. The molecule has 7 nitrogen and oxygen atoms in total. The van der Waals surface area contributed by atoms with Crippen molar-refractivity contribution >= 4 is 33.4 Å². The summed E-state index contributed by atoms with van der Waals surface area (Å²) in [6, 6.07) is 11.8. The topological polar surface area (TPSA) is 84.9 Å². The third-order valence-corrected chi connectivity index (χ3v) is 6.57. The van der Waals surface area contributed by atoms with Crippen LogP contribution in [-0.4, -0.2) is 51.7 Å². The first-order valence-electron chi connectivity index (χ1n) is 9.12. The Kier molecular flexibility index (Phi) is 8.36. The molecule has 2 aromatic rings. The molecule has 1 amide bonds. The van der Waals surface area contributed by atoms with Crippen LogP contribution in [0.1, 0.15) is 13.8 Å². The molecule has 0 aliphatic heterocycles. The van der Waals surface area contributed by atoms with Gasteiger partial charge < -0.3 is 14.8 Å². The van der Waals surface area contributed by atoms with Gasteiger partial charge in [0.2, 0.25) is 15.9 Å². The zero-order valence-electron chi connectivity index (χ0n) is 17.0. The van der Waals surface area contributed by atoms with Gasteiger partial charge in [0.15, 0.2) is 11.5 Å². The first-order valence-corrected chi connectivity index (χ1v) is 11.8. The molecule has 9 heteroatoms. The van der Waals surface area contributed by atoms with Crippen molar-refractivity contribution in [1.82, 2.24) is 4.31 Å². The van der Waals surface area contributed by atoms with Crippen LogP contribution in [0, 0.1) is 0 Å². The van der Waals surface area contributed by atoms with Crippen LogP contribution in [0.25, 0.3) is 0 Å². The Morgan fingerprint density at radius 3 is 2.38 bits per heavy atom. The fraction of sp³-hybridized carbons (Fsp3) is 0.350. The number of sulfonamides is 1. The molecule has 0 unspecified atom stereocenters. The molecule has 0 atom stereocenters. The lowest BCUT2D eigenvalue weighted by Gasteiger charge is -2.19. The lowest BCUT2D eigenvalue weighted by atomic mass is 10.3. The van der Waals surface area contributed by atoms with E-state index >= 15 is 0 Å². The number of carbonyl (C=O) groups excluding carboxylic acids is 1. The molecule has 0 bridgehead atoms. The zero-order chi connectivity index (χ0) is 21.4. The Labute approximate surface area is 176 Å². The lowest BCUT2D eigenvalue weighted by Crippen LogP contribution is -2.35.